The summed E-state index contributed by atoms with van der Waals surface area (Å²) in [6.45, 7) is 4.20. The van der Waals surface area contributed by atoms with Gasteiger partial charge in [0, 0.05) is 18.2 Å². The monoisotopic (exact) mass is 322 g/mol. The van der Waals surface area contributed by atoms with Gasteiger partial charge in [-0.1, -0.05) is 24.3 Å². The Morgan fingerprint density at radius 3 is 2.88 bits per heavy atom. The normalized spacial score (nSPS) is 18.8. The number of fused-ring (bicyclic) bond motifs is 1. The van der Waals surface area contributed by atoms with E-state index in [0.717, 1.165) is 36.4 Å². The number of piperidine rings is 1. The molecule has 24 heavy (non-hydrogen) atoms. The Morgan fingerprint density at radius 1 is 1.17 bits per heavy atom. The predicted molar refractivity (Wildman–Crippen MR) is 94.3 cm³/mol. The minimum absolute atomic E-state index is 0.208. The van der Waals surface area contributed by atoms with E-state index in [1.54, 1.807) is 0 Å². The van der Waals surface area contributed by atoms with Crippen LogP contribution >= 0.6 is 0 Å². The maximum atomic E-state index is 6.12. The molecule has 0 aliphatic carbocycles. The van der Waals surface area contributed by atoms with Crippen LogP contribution in [0, 0.1) is 6.92 Å². The van der Waals surface area contributed by atoms with Gasteiger partial charge in [0.1, 0.15) is 6.10 Å². The standard InChI is InChI=1S/C19H22N4O/c1-14-6-3-4-8-16(14)17-12-20-18-9-10-19(21-23(17)18)24-15-7-5-11-22(2)13-15/h3-4,6,8-10,12,15H,5,7,11,13H2,1-2H3. The number of aryl methyl sites for hydroxylation is 1. The van der Waals surface area contributed by atoms with Crippen LogP contribution in [0.25, 0.3) is 16.9 Å². The summed E-state index contributed by atoms with van der Waals surface area (Å²) in [5.74, 6) is 0.663. The maximum Gasteiger partial charge on any atom is 0.232 e. The number of hydrogen-bond acceptors (Lipinski definition) is 4. The van der Waals surface area contributed by atoms with E-state index >= 15 is 0 Å². The molecule has 0 bridgehead atoms. The van der Waals surface area contributed by atoms with Gasteiger partial charge in [0.05, 0.1) is 11.9 Å². The average Bonchev–Trinajstić information content (AvgIpc) is 2.98. The Labute approximate surface area is 141 Å². The maximum absolute atomic E-state index is 6.12. The summed E-state index contributed by atoms with van der Waals surface area (Å²) in [5.41, 5.74) is 4.18. The van der Waals surface area contributed by atoms with Crippen molar-refractivity contribution >= 4 is 5.65 Å². The molecular weight excluding hydrogens is 300 g/mol. The van der Waals surface area contributed by atoms with Crippen molar-refractivity contribution in [3.63, 3.8) is 0 Å². The van der Waals surface area contributed by atoms with Crippen LogP contribution < -0.4 is 4.74 Å². The summed E-state index contributed by atoms with van der Waals surface area (Å²) in [6, 6.07) is 12.2. The van der Waals surface area contributed by atoms with Gasteiger partial charge in [-0.3, -0.25) is 0 Å². The summed E-state index contributed by atoms with van der Waals surface area (Å²) in [5, 5.41) is 4.69. The van der Waals surface area contributed by atoms with Crippen LogP contribution in [-0.2, 0) is 0 Å². The first-order valence-electron chi connectivity index (χ1n) is 8.47. The number of benzene rings is 1. The predicted octanol–water partition coefficient (Wildman–Crippen LogP) is 3.18. The summed E-state index contributed by atoms with van der Waals surface area (Å²) < 4.78 is 8.00. The van der Waals surface area contributed by atoms with Crippen LogP contribution in [0.2, 0.25) is 0 Å². The summed E-state index contributed by atoms with van der Waals surface area (Å²) in [6.07, 6.45) is 4.34. The zero-order chi connectivity index (χ0) is 16.5. The molecule has 1 aliphatic heterocycles. The fraction of sp³-hybridized carbons (Fsp3) is 0.368. The van der Waals surface area contributed by atoms with Gasteiger partial charge in [-0.2, -0.15) is 0 Å². The summed E-state index contributed by atoms with van der Waals surface area (Å²) in [4.78, 5) is 6.78. The third kappa shape index (κ3) is 2.87. The molecular formula is C19H22N4O. The quantitative estimate of drug-likeness (QED) is 0.743. The zero-order valence-corrected chi connectivity index (χ0v) is 14.1. The second kappa shape index (κ2) is 6.24. The summed E-state index contributed by atoms with van der Waals surface area (Å²) in [7, 11) is 2.14. The minimum atomic E-state index is 0.208. The Kier molecular flexibility index (Phi) is 3.94. The SMILES string of the molecule is Cc1ccccc1-c1cnc2ccc(OC3CCCN(C)C3)nn12. The lowest BCUT2D eigenvalue weighted by Crippen LogP contribution is -2.38. The van der Waals surface area contributed by atoms with Gasteiger partial charge in [0.2, 0.25) is 5.88 Å². The second-order valence-electron chi connectivity index (χ2n) is 6.54. The van der Waals surface area contributed by atoms with E-state index in [-0.39, 0.29) is 6.10 Å². The average molecular weight is 322 g/mol. The lowest BCUT2D eigenvalue weighted by Gasteiger charge is -2.29. The first kappa shape index (κ1) is 15.1. The van der Waals surface area contributed by atoms with E-state index in [4.69, 9.17) is 4.74 Å². The molecule has 4 rings (SSSR count). The molecule has 5 nitrogen and oxygen atoms in total. The molecule has 1 fully saturated rings. The first-order valence-corrected chi connectivity index (χ1v) is 8.47. The highest BCUT2D eigenvalue weighted by Gasteiger charge is 2.19. The van der Waals surface area contributed by atoms with Crippen molar-refractivity contribution in [1.82, 2.24) is 19.5 Å². The molecule has 1 aromatic carbocycles. The number of ether oxygens (including phenoxy) is 1. The molecule has 3 aromatic rings. The Bertz CT molecular complexity index is 857. The number of imidazole rings is 1. The highest BCUT2D eigenvalue weighted by atomic mass is 16.5. The zero-order valence-electron chi connectivity index (χ0n) is 14.1. The van der Waals surface area contributed by atoms with Crippen molar-refractivity contribution in [1.29, 1.82) is 0 Å². The minimum Gasteiger partial charge on any atom is -0.472 e. The van der Waals surface area contributed by atoms with Gasteiger partial charge < -0.3 is 9.64 Å². The molecule has 5 heteroatoms. The third-order valence-electron chi connectivity index (χ3n) is 4.63. The van der Waals surface area contributed by atoms with Crippen LogP contribution in [0.3, 0.4) is 0 Å². The van der Waals surface area contributed by atoms with E-state index in [1.165, 1.54) is 12.0 Å². The molecule has 0 spiro atoms. The van der Waals surface area contributed by atoms with Gasteiger partial charge in [0.25, 0.3) is 0 Å². The number of aromatic nitrogens is 3. The number of hydrogen-bond donors (Lipinski definition) is 0. The number of likely N-dealkylation sites (tertiary alicyclic amines) is 1. The first-order chi connectivity index (χ1) is 11.7. The highest BCUT2D eigenvalue weighted by molar-refractivity contribution is 5.66. The molecule has 0 saturated carbocycles. The summed E-state index contributed by atoms with van der Waals surface area (Å²) >= 11 is 0. The van der Waals surface area contributed by atoms with E-state index in [2.05, 4.69) is 41.1 Å². The van der Waals surface area contributed by atoms with Crippen LogP contribution in [0.4, 0.5) is 0 Å². The molecule has 1 aliphatic rings. The van der Waals surface area contributed by atoms with Gasteiger partial charge in [-0.25, -0.2) is 9.50 Å². The Balaban J connectivity index is 1.67. The van der Waals surface area contributed by atoms with Crippen molar-refractivity contribution in [2.75, 3.05) is 20.1 Å². The van der Waals surface area contributed by atoms with Crippen LogP contribution in [0.5, 0.6) is 5.88 Å². The van der Waals surface area contributed by atoms with Crippen molar-refractivity contribution in [2.24, 2.45) is 0 Å². The van der Waals surface area contributed by atoms with Crippen LogP contribution in [0.15, 0.2) is 42.6 Å². The molecule has 1 unspecified atom stereocenters. The van der Waals surface area contributed by atoms with Crippen molar-refractivity contribution in [3.8, 4) is 17.1 Å². The molecule has 3 heterocycles. The van der Waals surface area contributed by atoms with Gasteiger partial charge in [-0.05, 0) is 45.0 Å². The lowest BCUT2D eigenvalue weighted by molar-refractivity contribution is 0.0988. The molecule has 0 radical (unpaired) electrons. The fourth-order valence-corrected chi connectivity index (χ4v) is 3.35. The van der Waals surface area contributed by atoms with E-state index in [1.807, 2.05) is 35.0 Å². The number of rotatable bonds is 3. The molecule has 0 N–H and O–H groups in total. The molecule has 0 amide bonds. The number of likely N-dealkylation sites (N-methyl/N-ethyl adjacent to an activating group) is 1. The third-order valence-corrected chi connectivity index (χ3v) is 4.63. The van der Waals surface area contributed by atoms with Gasteiger partial charge >= 0.3 is 0 Å². The molecule has 1 atom stereocenters. The van der Waals surface area contributed by atoms with E-state index in [0.29, 0.717) is 5.88 Å². The highest BCUT2D eigenvalue weighted by Crippen LogP contribution is 2.25. The fourth-order valence-electron chi connectivity index (χ4n) is 3.35. The van der Waals surface area contributed by atoms with Crippen molar-refractivity contribution < 1.29 is 4.74 Å². The molecule has 1 saturated heterocycles. The molecule has 124 valence electrons. The van der Waals surface area contributed by atoms with Crippen LogP contribution in [0.1, 0.15) is 18.4 Å². The Hall–Kier alpha value is -2.40. The van der Waals surface area contributed by atoms with Crippen molar-refractivity contribution in [3.05, 3.63) is 48.2 Å². The second-order valence-corrected chi connectivity index (χ2v) is 6.54. The van der Waals surface area contributed by atoms with Crippen LogP contribution in [-0.4, -0.2) is 45.7 Å². The Morgan fingerprint density at radius 2 is 2.04 bits per heavy atom. The molecule has 2 aromatic heterocycles. The number of nitrogens with zero attached hydrogens (tertiary/aromatic N) is 4. The van der Waals surface area contributed by atoms with Gasteiger partial charge in [0.15, 0.2) is 5.65 Å². The lowest BCUT2D eigenvalue weighted by atomic mass is 10.1. The van der Waals surface area contributed by atoms with Crippen molar-refractivity contribution in [2.45, 2.75) is 25.9 Å². The smallest absolute Gasteiger partial charge is 0.232 e. The van der Waals surface area contributed by atoms with Gasteiger partial charge in [-0.15, -0.1) is 5.10 Å². The van der Waals surface area contributed by atoms with E-state index < -0.39 is 0 Å². The topological polar surface area (TPSA) is 42.7 Å². The largest absolute Gasteiger partial charge is 0.472 e. The van der Waals surface area contributed by atoms with E-state index in [9.17, 15) is 0 Å².